The van der Waals surface area contributed by atoms with Crippen molar-refractivity contribution in [2.24, 2.45) is 5.92 Å². The summed E-state index contributed by atoms with van der Waals surface area (Å²) < 4.78 is 0. The molecule has 0 spiro atoms. The number of likely N-dealkylation sites (tertiary alicyclic amines) is 1. The molecule has 6 nitrogen and oxygen atoms in total. The summed E-state index contributed by atoms with van der Waals surface area (Å²) in [6.45, 7) is 0.807. The molecule has 23 heavy (non-hydrogen) atoms. The van der Waals surface area contributed by atoms with E-state index in [1.54, 1.807) is 23.1 Å². The van der Waals surface area contributed by atoms with Crippen molar-refractivity contribution in [1.29, 1.82) is 0 Å². The maximum atomic E-state index is 12.5. The van der Waals surface area contributed by atoms with Crippen LogP contribution in [0.2, 0.25) is 5.02 Å². The first-order valence-corrected chi connectivity index (χ1v) is 7.76. The van der Waals surface area contributed by atoms with E-state index in [1.165, 1.54) is 0 Å². The molecule has 2 heterocycles. The number of halogens is 1. The van der Waals surface area contributed by atoms with Gasteiger partial charge in [0, 0.05) is 23.7 Å². The summed E-state index contributed by atoms with van der Waals surface area (Å²) in [6, 6.07) is 8.85. The van der Waals surface area contributed by atoms with Crippen molar-refractivity contribution in [2.75, 3.05) is 13.1 Å². The Labute approximate surface area is 138 Å². The first-order chi connectivity index (χ1) is 11.0. The van der Waals surface area contributed by atoms with E-state index >= 15 is 0 Å². The SMILES string of the molecule is O=C(O)[C@H]1CCCN(C(=O)c2cc(-c3ccc(Cl)cc3)n[nH]2)C1. The normalized spacial score (nSPS) is 18.0. The van der Waals surface area contributed by atoms with Gasteiger partial charge >= 0.3 is 5.97 Å². The number of amides is 1. The number of aliphatic carboxylic acids is 1. The number of aromatic amines is 1. The molecule has 1 saturated heterocycles. The maximum Gasteiger partial charge on any atom is 0.308 e. The quantitative estimate of drug-likeness (QED) is 0.904. The number of aromatic nitrogens is 2. The number of nitrogens with one attached hydrogen (secondary N) is 1. The lowest BCUT2D eigenvalue weighted by Gasteiger charge is -2.30. The molecular formula is C16H16ClN3O3. The summed E-state index contributed by atoms with van der Waals surface area (Å²) in [5, 5.41) is 16.6. The molecule has 1 aliphatic rings. The van der Waals surface area contributed by atoms with Crippen molar-refractivity contribution in [3.05, 3.63) is 41.0 Å². The molecule has 120 valence electrons. The van der Waals surface area contributed by atoms with Crippen molar-refractivity contribution in [3.63, 3.8) is 0 Å². The molecule has 0 radical (unpaired) electrons. The fourth-order valence-corrected chi connectivity index (χ4v) is 2.86. The molecule has 0 aliphatic carbocycles. The molecule has 1 atom stereocenters. The van der Waals surface area contributed by atoms with Crippen molar-refractivity contribution in [2.45, 2.75) is 12.8 Å². The highest BCUT2D eigenvalue weighted by Crippen LogP contribution is 2.22. The number of carboxylic acids is 1. The molecule has 1 aromatic carbocycles. The van der Waals surface area contributed by atoms with Crippen LogP contribution >= 0.6 is 11.6 Å². The summed E-state index contributed by atoms with van der Waals surface area (Å²) in [5.74, 6) is -1.57. The average molecular weight is 334 g/mol. The van der Waals surface area contributed by atoms with E-state index in [4.69, 9.17) is 16.7 Å². The minimum absolute atomic E-state index is 0.219. The Morgan fingerprint density at radius 2 is 2.04 bits per heavy atom. The average Bonchev–Trinajstić information content (AvgIpc) is 3.05. The zero-order valence-corrected chi connectivity index (χ0v) is 13.1. The van der Waals surface area contributed by atoms with E-state index < -0.39 is 11.9 Å². The minimum Gasteiger partial charge on any atom is -0.481 e. The number of hydrogen-bond donors (Lipinski definition) is 2. The van der Waals surface area contributed by atoms with Crippen LogP contribution in [0.3, 0.4) is 0 Å². The van der Waals surface area contributed by atoms with E-state index in [1.807, 2.05) is 12.1 Å². The number of carbonyl (C=O) groups excluding carboxylic acids is 1. The molecule has 2 N–H and O–H groups in total. The van der Waals surface area contributed by atoms with Crippen LogP contribution in [0.5, 0.6) is 0 Å². The molecule has 7 heteroatoms. The molecule has 2 aromatic rings. The number of rotatable bonds is 3. The Morgan fingerprint density at radius 3 is 2.74 bits per heavy atom. The lowest BCUT2D eigenvalue weighted by molar-refractivity contribution is -0.143. The predicted octanol–water partition coefficient (Wildman–Crippen LogP) is 2.67. The van der Waals surface area contributed by atoms with Crippen molar-refractivity contribution in [1.82, 2.24) is 15.1 Å². The Balaban J connectivity index is 1.75. The highest BCUT2D eigenvalue weighted by Gasteiger charge is 2.29. The van der Waals surface area contributed by atoms with Crippen LogP contribution in [0.1, 0.15) is 23.3 Å². The number of piperidine rings is 1. The van der Waals surface area contributed by atoms with Crippen LogP contribution in [-0.4, -0.2) is 45.2 Å². The van der Waals surface area contributed by atoms with Gasteiger partial charge in [-0.1, -0.05) is 23.7 Å². The fraction of sp³-hybridized carbons (Fsp3) is 0.312. The lowest BCUT2D eigenvalue weighted by atomic mass is 9.98. The van der Waals surface area contributed by atoms with E-state index in [0.29, 0.717) is 35.8 Å². The summed E-state index contributed by atoms with van der Waals surface area (Å²) in [6.07, 6.45) is 1.30. The molecule has 1 fully saturated rings. The Morgan fingerprint density at radius 1 is 1.30 bits per heavy atom. The predicted molar refractivity (Wildman–Crippen MR) is 85.3 cm³/mol. The van der Waals surface area contributed by atoms with Crippen LogP contribution in [0, 0.1) is 5.92 Å². The second-order valence-corrected chi connectivity index (χ2v) is 6.04. The molecule has 0 saturated carbocycles. The van der Waals surface area contributed by atoms with Gasteiger partial charge in [0.1, 0.15) is 5.69 Å². The van der Waals surface area contributed by atoms with Crippen molar-refractivity contribution < 1.29 is 14.7 Å². The smallest absolute Gasteiger partial charge is 0.308 e. The lowest BCUT2D eigenvalue weighted by Crippen LogP contribution is -2.42. The summed E-state index contributed by atoms with van der Waals surface area (Å²) in [7, 11) is 0. The zero-order valence-electron chi connectivity index (χ0n) is 12.3. The second kappa shape index (κ2) is 6.42. The topological polar surface area (TPSA) is 86.3 Å². The fourth-order valence-electron chi connectivity index (χ4n) is 2.73. The Bertz CT molecular complexity index is 726. The first kappa shape index (κ1) is 15.6. The van der Waals surface area contributed by atoms with Gasteiger partial charge in [0.25, 0.3) is 5.91 Å². The van der Waals surface area contributed by atoms with E-state index in [2.05, 4.69) is 10.2 Å². The van der Waals surface area contributed by atoms with Crippen LogP contribution in [0.4, 0.5) is 0 Å². The second-order valence-electron chi connectivity index (χ2n) is 5.60. The van der Waals surface area contributed by atoms with Crippen molar-refractivity contribution >= 4 is 23.5 Å². The number of carbonyl (C=O) groups is 2. The van der Waals surface area contributed by atoms with E-state index in [-0.39, 0.29) is 12.5 Å². The van der Waals surface area contributed by atoms with Gasteiger partial charge in [0.05, 0.1) is 11.6 Å². The van der Waals surface area contributed by atoms with Crippen LogP contribution in [0.15, 0.2) is 30.3 Å². The summed E-state index contributed by atoms with van der Waals surface area (Å²) >= 11 is 5.86. The Kier molecular flexibility index (Phi) is 4.34. The Hall–Kier alpha value is -2.34. The first-order valence-electron chi connectivity index (χ1n) is 7.38. The third-order valence-electron chi connectivity index (χ3n) is 4.01. The number of carboxylic acid groups (broad SMARTS) is 1. The molecule has 0 unspecified atom stereocenters. The van der Waals surface area contributed by atoms with Crippen molar-refractivity contribution in [3.8, 4) is 11.3 Å². The summed E-state index contributed by atoms with van der Waals surface area (Å²) in [4.78, 5) is 25.2. The number of H-pyrrole nitrogens is 1. The molecular weight excluding hydrogens is 318 g/mol. The minimum atomic E-state index is -0.853. The number of hydrogen-bond acceptors (Lipinski definition) is 3. The monoisotopic (exact) mass is 333 g/mol. The maximum absolute atomic E-state index is 12.5. The van der Waals surface area contributed by atoms with Gasteiger partial charge in [-0.3, -0.25) is 14.7 Å². The number of nitrogens with zero attached hydrogens (tertiary/aromatic N) is 2. The van der Waals surface area contributed by atoms with Crippen LogP contribution in [-0.2, 0) is 4.79 Å². The zero-order chi connectivity index (χ0) is 16.4. The van der Waals surface area contributed by atoms with Gasteiger partial charge < -0.3 is 10.0 Å². The van der Waals surface area contributed by atoms with Crippen LogP contribution in [0.25, 0.3) is 11.3 Å². The third kappa shape index (κ3) is 3.37. The highest BCUT2D eigenvalue weighted by atomic mass is 35.5. The molecule has 1 aliphatic heterocycles. The van der Waals surface area contributed by atoms with Gasteiger partial charge in [-0.25, -0.2) is 0 Å². The standard InChI is InChI=1S/C16H16ClN3O3/c17-12-5-3-10(4-6-12)13-8-14(19-18-13)15(21)20-7-1-2-11(9-20)16(22)23/h3-6,8,11H,1-2,7,9H2,(H,18,19)(H,22,23)/t11-/m0/s1. The molecule has 1 aromatic heterocycles. The van der Waals surface area contributed by atoms with Gasteiger partial charge in [0.15, 0.2) is 0 Å². The van der Waals surface area contributed by atoms with E-state index in [9.17, 15) is 9.59 Å². The highest BCUT2D eigenvalue weighted by molar-refractivity contribution is 6.30. The number of benzene rings is 1. The van der Waals surface area contributed by atoms with Gasteiger partial charge in [-0.2, -0.15) is 5.10 Å². The van der Waals surface area contributed by atoms with Gasteiger partial charge in [0.2, 0.25) is 0 Å². The summed E-state index contributed by atoms with van der Waals surface area (Å²) in [5.41, 5.74) is 1.87. The largest absolute Gasteiger partial charge is 0.481 e. The third-order valence-corrected chi connectivity index (χ3v) is 4.26. The van der Waals surface area contributed by atoms with E-state index in [0.717, 1.165) is 5.56 Å². The van der Waals surface area contributed by atoms with Crippen LogP contribution < -0.4 is 0 Å². The molecule has 1 amide bonds. The van der Waals surface area contributed by atoms with Gasteiger partial charge in [-0.15, -0.1) is 0 Å². The molecule has 3 rings (SSSR count). The molecule has 0 bridgehead atoms. The van der Waals surface area contributed by atoms with Gasteiger partial charge in [-0.05, 0) is 31.0 Å².